The summed E-state index contributed by atoms with van der Waals surface area (Å²) in [5.74, 6) is 0.0770. The van der Waals surface area contributed by atoms with Gasteiger partial charge in [-0.05, 0) is 24.6 Å². The molecule has 1 fully saturated rings. The van der Waals surface area contributed by atoms with E-state index < -0.39 is 0 Å². The Hall–Kier alpha value is -1.89. The van der Waals surface area contributed by atoms with Gasteiger partial charge in [-0.3, -0.25) is 9.48 Å². The Morgan fingerprint density at radius 2 is 2.08 bits per heavy atom. The molecule has 0 unspecified atom stereocenters. The molecule has 3 aromatic rings. The van der Waals surface area contributed by atoms with Gasteiger partial charge in [0.2, 0.25) is 0 Å². The molecule has 0 aliphatic carbocycles. The lowest BCUT2D eigenvalue weighted by Gasteiger charge is -2.26. The molecule has 0 saturated carbocycles. The fourth-order valence-electron chi connectivity index (χ4n) is 3.04. The van der Waals surface area contributed by atoms with Crippen molar-refractivity contribution in [2.45, 2.75) is 13.5 Å². The van der Waals surface area contributed by atoms with Gasteiger partial charge < -0.3 is 9.64 Å². The van der Waals surface area contributed by atoms with Crippen LogP contribution in [0.2, 0.25) is 5.02 Å². The average molecular weight is 376 g/mol. The molecule has 3 heterocycles. The molecule has 2 aromatic heterocycles. The maximum absolute atomic E-state index is 12.7. The molecule has 1 aliphatic heterocycles. The highest BCUT2D eigenvalue weighted by molar-refractivity contribution is 7.20. The van der Waals surface area contributed by atoms with Crippen molar-refractivity contribution in [3.8, 4) is 0 Å². The van der Waals surface area contributed by atoms with Crippen LogP contribution in [0.15, 0.2) is 30.3 Å². The number of hydrogen-bond acceptors (Lipinski definition) is 4. The van der Waals surface area contributed by atoms with Crippen LogP contribution in [0.4, 0.5) is 0 Å². The SMILES string of the molecule is Cc1nn(Cc2ccccc2Cl)c2sc(C(=O)N3CCOCC3)cc12. The summed E-state index contributed by atoms with van der Waals surface area (Å²) in [5, 5.41) is 6.39. The second-order valence-electron chi connectivity index (χ2n) is 6.07. The van der Waals surface area contributed by atoms with Gasteiger partial charge in [0.05, 0.1) is 30.3 Å². The number of amides is 1. The number of benzene rings is 1. The maximum Gasteiger partial charge on any atom is 0.264 e. The molecule has 0 bridgehead atoms. The van der Waals surface area contributed by atoms with Crippen molar-refractivity contribution in [1.82, 2.24) is 14.7 Å². The third-order valence-corrected chi connectivity index (χ3v) is 5.90. The first-order chi connectivity index (χ1) is 12.1. The number of carbonyl (C=O) groups excluding carboxylic acids is 1. The Morgan fingerprint density at radius 3 is 2.84 bits per heavy atom. The predicted molar refractivity (Wildman–Crippen MR) is 99.6 cm³/mol. The van der Waals surface area contributed by atoms with Crippen LogP contribution >= 0.6 is 22.9 Å². The molecule has 25 heavy (non-hydrogen) atoms. The highest BCUT2D eigenvalue weighted by Gasteiger charge is 2.22. The number of carbonyl (C=O) groups is 1. The summed E-state index contributed by atoms with van der Waals surface area (Å²) in [6.45, 7) is 5.08. The normalized spacial score (nSPS) is 15.0. The molecule has 7 heteroatoms. The third-order valence-electron chi connectivity index (χ3n) is 4.39. The number of thiophene rings is 1. The number of hydrogen-bond donors (Lipinski definition) is 0. The summed E-state index contributed by atoms with van der Waals surface area (Å²) in [5.41, 5.74) is 1.95. The van der Waals surface area contributed by atoms with Crippen molar-refractivity contribution in [3.63, 3.8) is 0 Å². The summed E-state index contributed by atoms with van der Waals surface area (Å²) in [7, 11) is 0. The topological polar surface area (TPSA) is 47.4 Å². The number of rotatable bonds is 3. The van der Waals surface area contributed by atoms with Crippen molar-refractivity contribution in [2.24, 2.45) is 0 Å². The summed E-state index contributed by atoms with van der Waals surface area (Å²) >= 11 is 7.78. The van der Waals surface area contributed by atoms with Crippen LogP contribution in [0.3, 0.4) is 0 Å². The van der Waals surface area contributed by atoms with Gasteiger partial charge in [-0.15, -0.1) is 11.3 Å². The zero-order chi connectivity index (χ0) is 17.4. The number of fused-ring (bicyclic) bond motifs is 1. The van der Waals surface area contributed by atoms with Gasteiger partial charge in [0.25, 0.3) is 5.91 Å². The van der Waals surface area contributed by atoms with Crippen LogP contribution in [0, 0.1) is 6.92 Å². The average Bonchev–Trinajstić information content (AvgIpc) is 3.19. The second-order valence-corrected chi connectivity index (χ2v) is 7.51. The predicted octanol–water partition coefficient (Wildman–Crippen LogP) is 3.58. The van der Waals surface area contributed by atoms with Crippen LogP contribution in [0.1, 0.15) is 20.9 Å². The van der Waals surface area contributed by atoms with E-state index in [4.69, 9.17) is 16.3 Å². The van der Waals surface area contributed by atoms with E-state index in [9.17, 15) is 4.79 Å². The second kappa shape index (κ2) is 6.78. The molecule has 130 valence electrons. The zero-order valence-electron chi connectivity index (χ0n) is 13.9. The number of aromatic nitrogens is 2. The number of nitrogens with zero attached hydrogens (tertiary/aromatic N) is 3. The quantitative estimate of drug-likeness (QED) is 0.703. The van der Waals surface area contributed by atoms with Gasteiger partial charge in [0.15, 0.2) is 0 Å². The number of morpholine rings is 1. The van der Waals surface area contributed by atoms with E-state index in [1.165, 1.54) is 11.3 Å². The minimum absolute atomic E-state index is 0.0770. The highest BCUT2D eigenvalue weighted by atomic mass is 35.5. The Labute approximate surface area is 154 Å². The van der Waals surface area contributed by atoms with E-state index >= 15 is 0 Å². The van der Waals surface area contributed by atoms with Crippen LogP contribution in [-0.4, -0.2) is 46.9 Å². The van der Waals surface area contributed by atoms with Crippen LogP contribution < -0.4 is 0 Å². The summed E-state index contributed by atoms with van der Waals surface area (Å²) in [4.78, 5) is 16.4. The van der Waals surface area contributed by atoms with Gasteiger partial charge in [0.1, 0.15) is 4.83 Å². The van der Waals surface area contributed by atoms with E-state index in [0.29, 0.717) is 32.8 Å². The van der Waals surface area contributed by atoms with Crippen molar-refractivity contribution in [3.05, 3.63) is 51.5 Å². The first kappa shape index (κ1) is 16.6. The van der Waals surface area contributed by atoms with Gasteiger partial charge in [0, 0.05) is 23.5 Å². The van der Waals surface area contributed by atoms with E-state index in [0.717, 1.165) is 31.4 Å². The lowest BCUT2D eigenvalue weighted by molar-refractivity contribution is 0.0306. The lowest BCUT2D eigenvalue weighted by atomic mass is 10.2. The lowest BCUT2D eigenvalue weighted by Crippen LogP contribution is -2.40. The van der Waals surface area contributed by atoms with Gasteiger partial charge in [-0.25, -0.2) is 0 Å². The fraction of sp³-hybridized carbons (Fsp3) is 0.333. The minimum atomic E-state index is 0.0770. The Balaban J connectivity index is 1.66. The summed E-state index contributed by atoms with van der Waals surface area (Å²) < 4.78 is 7.27. The molecule has 0 N–H and O–H groups in total. The van der Waals surface area contributed by atoms with Gasteiger partial charge in [-0.1, -0.05) is 29.8 Å². The molecular formula is C18H18ClN3O2S. The van der Waals surface area contributed by atoms with Gasteiger partial charge in [-0.2, -0.15) is 5.10 Å². The van der Waals surface area contributed by atoms with E-state index in [2.05, 4.69) is 5.10 Å². The first-order valence-corrected chi connectivity index (χ1v) is 9.40. The standard InChI is InChI=1S/C18H18ClN3O2S/c1-12-14-10-16(17(23)21-6-8-24-9-7-21)25-18(14)22(20-12)11-13-4-2-3-5-15(13)19/h2-5,10H,6-9,11H2,1H3. The van der Waals surface area contributed by atoms with Gasteiger partial charge >= 0.3 is 0 Å². The van der Waals surface area contributed by atoms with Crippen molar-refractivity contribution in [2.75, 3.05) is 26.3 Å². The highest BCUT2D eigenvalue weighted by Crippen LogP contribution is 2.30. The Bertz CT molecular complexity index is 928. The number of halogens is 1. The van der Waals surface area contributed by atoms with E-state index in [-0.39, 0.29) is 5.91 Å². The molecule has 1 amide bonds. The molecule has 0 radical (unpaired) electrons. The number of aryl methyl sites for hydroxylation is 1. The molecule has 5 nitrogen and oxygen atoms in total. The molecule has 1 saturated heterocycles. The summed E-state index contributed by atoms with van der Waals surface area (Å²) in [6, 6.07) is 9.73. The van der Waals surface area contributed by atoms with Crippen LogP contribution in [0.5, 0.6) is 0 Å². The third kappa shape index (κ3) is 3.17. The van der Waals surface area contributed by atoms with Crippen LogP contribution in [-0.2, 0) is 11.3 Å². The minimum Gasteiger partial charge on any atom is -0.378 e. The largest absolute Gasteiger partial charge is 0.378 e. The maximum atomic E-state index is 12.7. The van der Waals surface area contributed by atoms with Crippen molar-refractivity contribution < 1.29 is 9.53 Å². The van der Waals surface area contributed by atoms with Crippen LogP contribution in [0.25, 0.3) is 10.2 Å². The molecule has 1 aromatic carbocycles. The molecule has 1 aliphatic rings. The smallest absolute Gasteiger partial charge is 0.264 e. The first-order valence-electron chi connectivity index (χ1n) is 8.21. The number of ether oxygens (including phenoxy) is 1. The Morgan fingerprint density at radius 1 is 1.32 bits per heavy atom. The van der Waals surface area contributed by atoms with Crippen molar-refractivity contribution >= 4 is 39.1 Å². The Kier molecular flexibility index (Phi) is 4.50. The molecule has 0 atom stereocenters. The van der Waals surface area contributed by atoms with E-state index in [1.807, 2.05) is 46.8 Å². The van der Waals surface area contributed by atoms with E-state index in [1.54, 1.807) is 0 Å². The molecule has 4 rings (SSSR count). The summed E-state index contributed by atoms with van der Waals surface area (Å²) in [6.07, 6.45) is 0. The fourth-order valence-corrected chi connectivity index (χ4v) is 4.36. The van der Waals surface area contributed by atoms with Crippen molar-refractivity contribution in [1.29, 1.82) is 0 Å². The monoisotopic (exact) mass is 375 g/mol. The molecular weight excluding hydrogens is 358 g/mol. The zero-order valence-corrected chi connectivity index (χ0v) is 15.4. The molecule has 0 spiro atoms.